The van der Waals surface area contributed by atoms with Crippen molar-refractivity contribution in [3.63, 3.8) is 0 Å². The number of nitrogens with one attached hydrogen (secondary N) is 2. The fraction of sp³-hybridized carbons (Fsp3) is 0.471. The van der Waals surface area contributed by atoms with Gasteiger partial charge in [-0.25, -0.2) is 4.98 Å². The van der Waals surface area contributed by atoms with Crippen molar-refractivity contribution < 1.29 is 4.79 Å². The number of H-pyrrole nitrogens is 1. The zero-order chi connectivity index (χ0) is 16.2. The number of hydrogen-bond acceptors (Lipinski definition) is 4. The Morgan fingerprint density at radius 3 is 3.00 bits per heavy atom. The van der Waals surface area contributed by atoms with Crippen molar-refractivity contribution in [1.29, 1.82) is 0 Å². The molecule has 2 aromatic rings. The van der Waals surface area contributed by atoms with E-state index in [0.717, 1.165) is 29.5 Å². The Balaban J connectivity index is 1.83. The fourth-order valence-corrected chi connectivity index (χ4v) is 4.29. The highest BCUT2D eigenvalue weighted by Crippen LogP contribution is 2.32. The van der Waals surface area contributed by atoms with E-state index >= 15 is 0 Å². The maximum Gasteiger partial charge on any atom is 0.259 e. The lowest BCUT2D eigenvalue weighted by atomic mass is 10.1. The van der Waals surface area contributed by atoms with Gasteiger partial charge in [-0.3, -0.25) is 9.59 Å². The normalized spacial score (nSPS) is 14.3. The van der Waals surface area contributed by atoms with Crippen LogP contribution in [0, 0.1) is 0 Å². The molecule has 2 aromatic heterocycles. The van der Waals surface area contributed by atoms with Crippen LogP contribution in [0.3, 0.4) is 0 Å². The van der Waals surface area contributed by atoms with Gasteiger partial charge in [0.05, 0.1) is 5.39 Å². The number of carbonyl (C=O) groups is 1. The Labute approximate surface area is 138 Å². The summed E-state index contributed by atoms with van der Waals surface area (Å²) in [5, 5.41) is 3.50. The minimum atomic E-state index is -0.0605. The Morgan fingerprint density at radius 2 is 2.17 bits per heavy atom. The first-order valence-electron chi connectivity index (χ1n) is 8.10. The molecule has 0 aliphatic heterocycles. The molecule has 1 aliphatic carbocycles. The van der Waals surface area contributed by atoms with E-state index < -0.39 is 0 Å². The molecule has 2 N–H and O–H groups in total. The molecule has 0 bridgehead atoms. The highest BCUT2D eigenvalue weighted by atomic mass is 32.1. The summed E-state index contributed by atoms with van der Waals surface area (Å²) >= 11 is 1.64. The third kappa shape index (κ3) is 3.52. The van der Waals surface area contributed by atoms with E-state index in [1.165, 1.54) is 23.3 Å². The molecule has 0 saturated heterocycles. The van der Waals surface area contributed by atoms with Gasteiger partial charge >= 0.3 is 0 Å². The van der Waals surface area contributed by atoms with Crippen LogP contribution in [0.15, 0.2) is 17.4 Å². The molecule has 122 valence electrons. The topological polar surface area (TPSA) is 74.8 Å². The first-order chi connectivity index (χ1) is 11.2. The Bertz CT molecular complexity index is 791. The van der Waals surface area contributed by atoms with Crippen LogP contribution in [0.25, 0.3) is 10.2 Å². The third-order valence-corrected chi connectivity index (χ3v) is 5.34. The monoisotopic (exact) mass is 331 g/mol. The Hall–Kier alpha value is -1.95. The molecule has 0 spiro atoms. The van der Waals surface area contributed by atoms with Gasteiger partial charge in [0.25, 0.3) is 5.56 Å². The van der Waals surface area contributed by atoms with Crippen molar-refractivity contribution in [2.24, 2.45) is 0 Å². The van der Waals surface area contributed by atoms with Gasteiger partial charge in [0.2, 0.25) is 5.91 Å². The second-order valence-corrected chi connectivity index (χ2v) is 6.93. The molecule has 1 amide bonds. The molecular formula is C17H21N3O2S. The van der Waals surface area contributed by atoms with Crippen LogP contribution >= 0.6 is 11.3 Å². The number of aromatic nitrogens is 2. The number of fused-ring (bicyclic) bond motifs is 3. The Morgan fingerprint density at radius 1 is 1.35 bits per heavy atom. The Kier molecular flexibility index (Phi) is 4.91. The van der Waals surface area contributed by atoms with Crippen LogP contribution in [0.4, 0.5) is 0 Å². The van der Waals surface area contributed by atoms with Crippen LogP contribution in [0.1, 0.15) is 41.9 Å². The van der Waals surface area contributed by atoms with Gasteiger partial charge in [-0.1, -0.05) is 12.5 Å². The second-order valence-electron chi connectivity index (χ2n) is 5.85. The van der Waals surface area contributed by atoms with Crippen LogP contribution < -0.4 is 10.9 Å². The zero-order valence-electron chi connectivity index (χ0n) is 13.1. The number of carbonyl (C=O) groups excluding carboxylic acids is 1. The molecule has 0 radical (unpaired) electrons. The molecule has 5 nitrogen and oxygen atoms in total. The van der Waals surface area contributed by atoms with Crippen molar-refractivity contribution in [2.45, 2.75) is 44.9 Å². The predicted octanol–water partition coefficient (Wildman–Crippen LogP) is 2.49. The molecule has 6 heteroatoms. The van der Waals surface area contributed by atoms with Crippen molar-refractivity contribution in [3.8, 4) is 0 Å². The predicted molar refractivity (Wildman–Crippen MR) is 93.0 cm³/mol. The quantitative estimate of drug-likeness (QED) is 0.653. The van der Waals surface area contributed by atoms with Crippen molar-refractivity contribution in [2.75, 3.05) is 6.54 Å². The summed E-state index contributed by atoms with van der Waals surface area (Å²) in [6, 6.07) is 0. The summed E-state index contributed by atoms with van der Waals surface area (Å²) in [5.74, 6) is 0.530. The van der Waals surface area contributed by atoms with E-state index in [1.54, 1.807) is 17.4 Å². The average Bonchev–Trinajstić information content (AvgIpc) is 2.73. The van der Waals surface area contributed by atoms with E-state index in [4.69, 9.17) is 0 Å². The molecule has 23 heavy (non-hydrogen) atoms. The summed E-state index contributed by atoms with van der Waals surface area (Å²) in [6.45, 7) is 4.02. The van der Waals surface area contributed by atoms with Crippen LogP contribution in [-0.2, 0) is 24.1 Å². The van der Waals surface area contributed by atoms with Crippen LogP contribution in [0.5, 0.6) is 0 Å². The van der Waals surface area contributed by atoms with Gasteiger partial charge in [-0.2, -0.15) is 0 Å². The SMILES string of the molecule is C=CCNC(=O)CCc1nc2sc3c(c2c(=O)[nH]1)CCCCC3. The van der Waals surface area contributed by atoms with Gasteiger partial charge in [-0.15, -0.1) is 17.9 Å². The summed E-state index contributed by atoms with van der Waals surface area (Å²) in [7, 11) is 0. The summed E-state index contributed by atoms with van der Waals surface area (Å²) in [5.41, 5.74) is 1.14. The number of hydrogen-bond donors (Lipinski definition) is 2. The molecule has 0 saturated carbocycles. The number of rotatable bonds is 5. The minimum Gasteiger partial charge on any atom is -0.353 e. The molecule has 1 aliphatic rings. The second kappa shape index (κ2) is 7.08. The fourth-order valence-electron chi connectivity index (χ4n) is 3.01. The minimum absolute atomic E-state index is 0.0594. The largest absolute Gasteiger partial charge is 0.353 e. The van der Waals surface area contributed by atoms with Crippen molar-refractivity contribution >= 4 is 27.5 Å². The van der Waals surface area contributed by atoms with E-state index in [2.05, 4.69) is 21.9 Å². The lowest BCUT2D eigenvalue weighted by Crippen LogP contribution is -2.24. The number of aromatic amines is 1. The van der Waals surface area contributed by atoms with E-state index in [0.29, 0.717) is 25.2 Å². The smallest absolute Gasteiger partial charge is 0.259 e. The molecule has 3 rings (SSSR count). The standard InChI is InChI=1S/C17H21N3O2S/c1-2-10-18-14(21)9-8-13-19-16(22)15-11-6-4-3-5-7-12(11)23-17(15)20-13/h2H,1,3-10H2,(H,18,21)(H,19,20,22). The first kappa shape index (κ1) is 15.9. The van der Waals surface area contributed by atoms with E-state index in [1.807, 2.05) is 0 Å². The zero-order valence-corrected chi connectivity index (χ0v) is 13.9. The maximum absolute atomic E-state index is 12.5. The van der Waals surface area contributed by atoms with Crippen LogP contribution in [0.2, 0.25) is 0 Å². The number of nitrogens with zero attached hydrogens (tertiary/aromatic N) is 1. The van der Waals surface area contributed by atoms with Crippen LogP contribution in [-0.4, -0.2) is 22.4 Å². The highest BCUT2D eigenvalue weighted by molar-refractivity contribution is 7.18. The molecule has 2 heterocycles. The molecule has 0 aromatic carbocycles. The molecular weight excluding hydrogens is 310 g/mol. The van der Waals surface area contributed by atoms with E-state index in [9.17, 15) is 9.59 Å². The van der Waals surface area contributed by atoms with Gasteiger partial charge < -0.3 is 10.3 Å². The molecule has 0 unspecified atom stereocenters. The number of amides is 1. The first-order valence-corrected chi connectivity index (χ1v) is 8.91. The average molecular weight is 331 g/mol. The summed E-state index contributed by atoms with van der Waals surface area (Å²) in [4.78, 5) is 33.7. The maximum atomic E-state index is 12.5. The van der Waals surface area contributed by atoms with Gasteiger partial charge in [0, 0.05) is 24.3 Å². The molecule has 0 atom stereocenters. The lowest BCUT2D eigenvalue weighted by Gasteiger charge is -2.03. The lowest BCUT2D eigenvalue weighted by molar-refractivity contribution is -0.120. The number of aryl methyl sites for hydroxylation is 3. The number of thiophene rings is 1. The summed E-state index contributed by atoms with van der Waals surface area (Å²) < 4.78 is 0. The molecule has 0 fully saturated rings. The van der Waals surface area contributed by atoms with E-state index in [-0.39, 0.29) is 11.5 Å². The van der Waals surface area contributed by atoms with Crippen molar-refractivity contribution in [3.05, 3.63) is 39.3 Å². The summed E-state index contributed by atoms with van der Waals surface area (Å²) in [6.07, 6.45) is 7.98. The third-order valence-electron chi connectivity index (χ3n) is 4.16. The highest BCUT2D eigenvalue weighted by Gasteiger charge is 2.19. The van der Waals surface area contributed by atoms with Gasteiger partial charge in [-0.05, 0) is 31.2 Å². The van der Waals surface area contributed by atoms with Crippen molar-refractivity contribution in [1.82, 2.24) is 15.3 Å². The van der Waals surface area contributed by atoms with Gasteiger partial charge in [0.15, 0.2) is 0 Å². The van der Waals surface area contributed by atoms with Gasteiger partial charge in [0.1, 0.15) is 10.7 Å².